The van der Waals surface area contributed by atoms with E-state index >= 15 is 0 Å². The third-order valence-electron chi connectivity index (χ3n) is 5.80. The Labute approximate surface area is 175 Å². The number of ketones is 1. The smallest absolute Gasteiger partial charge is 0.261 e. The summed E-state index contributed by atoms with van der Waals surface area (Å²) < 4.78 is 5.84. The molecule has 0 radical (unpaired) electrons. The third kappa shape index (κ3) is 4.45. The molecule has 2 aliphatic rings. The zero-order valence-electron chi connectivity index (χ0n) is 17.4. The summed E-state index contributed by atoms with van der Waals surface area (Å²) in [5, 5.41) is 2.74. The van der Waals surface area contributed by atoms with Gasteiger partial charge in [0.05, 0.1) is 0 Å². The van der Waals surface area contributed by atoms with E-state index in [0.29, 0.717) is 30.0 Å². The molecule has 1 saturated carbocycles. The number of fused-ring (bicyclic) bond motifs is 1. The van der Waals surface area contributed by atoms with Crippen LogP contribution < -0.4 is 15.6 Å². The molecular weight excluding hydrogens is 382 g/mol. The van der Waals surface area contributed by atoms with Gasteiger partial charge in [0.1, 0.15) is 11.7 Å². The molecule has 0 saturated heterocycles. The number of aromatic nitrogens is 2. The molecule has 4 rings (SSSR count). The molecule has 1 fully saturated rings. The standard InChI is InChI=1S/C23H27N3O4/c1-23(2)10-18-16(19(27)11-23)9-17(22(29)26-18)21(28)25-13-14-7-8-20(24-12-14)30-15-5-3-4-6-15/h7-9,12,15H,3-6,10-11,13H2,1-2H3,(H,25,28)(H,26,29). The van der Waals surface area contributed by atoms with Crippen molar-refractivity contribution in [1.82, 2.24) is 15.3 Å². The van der Waals surface area contributed by atoms with Crippen LogP contribution in [0.2, 0.25) is 0 Å². The largest absolute Gasteiger partial charge is 0.474 e. The van der Waals surface area contributed by atoms with E-state index in [1.165, 1.54) is 18.9 Å². The first-order valence-electron chi connectivity index (χ1n) is 10.5. The van der Waals surface area contributed by atoms with E-state index in [1.807, 2.05) is 19.9 Å². The zero-order chi connectivity index (χ0) is 21.3. The van der Waals surface area contributed by atoms with Crippen molar-refractivity contribution in [2.75, 3.05) is 0 Å². The molecule has 0 spiro atoms. The number of ether oxygens (including phenoxy) is 1. The summed E-state index contributed by atoms with van der Waals surface area (Å²) in [6.07, 6.45) is 7.42. The number of carbonyl (C=O) groups excluding carboxylic acids is 2. The highest BCUT2D eigenvalue weighted by molar-refractivity contribution is 6.02. The summed E-state index contributed by atoms with van der Waals surface area (Å²) >= 11 is 0. The van der Waals surface area contributed by atoms with Crippen molar-refractivity contribution in [1.29, 1.82) is 0 Å². The highest BCUT2D eigenvalue weighted by Crippen LogP contribution is 2.33. The van der Waals surface area contributed by atoms with E-state index in [9.17, 15) is 14.4 Å². The fourth-order valence-corrected chi connectivity index (χ4v) is 4.24. The number of hydrogen-bond acceptors (Lipinski definition) is 5. The lowest BCUT2D eigenvalue weighted by Gasteiger charge is -2.29. The Hall–Kier alpha value is -2.96. The van der Waals surface area contributed by atoms with Gasteiger partial charge in [0, 0.05) is 36.5 Å². The van der Waals surface area contributed by atoms with Crippen LogP contribution in [0.15, 0.2) is 29.2 Å². The van der Waals surface area contributed by atoms with Crippen molar-refractivity contribution in [2.45, 2.75) is 65.0 Å². The van der Waals surface area contributed by atoms with Crippen LogP contribution in [0, 0.1) is 5.41 Å². The molecule has 158 valence electrons. The Morgan fingerprint density at radius 1 is 1.23 bits per heavy atom. The molecule has 7 heteroatoms. The molecule has 2 aromatic rings. The van der Waals surface area contributed by atoms with Gasteiger partial charge in [0.25, 0.3) is 11.5 Å². The van der Waals surface area contributed by atoms with Crippen molar-refractivity contribution in [3.05, 3.63) is 57.1 Å². The first-order valence-corrected chi connectivity index (χ1v) is 10.5. The summed E-state index contributed by atoms with van der Waals surface area (Å²) in [5.74, 6) is 0.0288. The Kier molecular flexibility index (Phi) is 5.45. The number of rotatable bonds is 5. The zero-order valence-corrected chi connectivity index (χ0v) is 17.4. The van der Waals surface area contributed by atoms with Gasteiger partial charge in [-0.2, -0.15) is 0 Å². The molecule has 1 amide bonds. The van der Waals surface area contributed by atoms with Crippen LogP contribution in [0.25, 0.3) is 0 Å². The van der Waals surface area contributed by atoms with Crippen LogP contribution in [0.1, 0.15) is 77.9 Å². The van der Waals surface area contributed by atoms with E-state index in [-0.39, 0.29) is 29.4 Å². The van der Waals surface area contributed by atoms with Crippen molar-refractivity contribution in [3.63, 3.8) is 0 Å². The van der Waals surface area contributed by atoms with Crippen LogP contribution in [0.5, 0.6) is 5.88 Å². The lowest BCUT2D eigenvalue weighted by molar-refractivity contribution is 0.0910. The SMILES string of the molecule is CC1(C)CC(=O)c2cc(C(=O)NCc3ccc(OC4CCCC4)nc3)c(=O)[nH]c2C1. The lowest BCUT2D eigenvalue weighted by Crippen LogP contribution is -2.34. The summed E-state index contributed by atoms with van der Waals surface area (Å²) in [6, 6.07) is 5.07. The number of H-pyrrole nitrogens is 1. The third-order valence-corrected chi connectivity index (χ3v) is 5.80. The lowest BCUT2D eigenvalue weighted by atomic mass is 9.75. The van der Waals surface area contributed by atoms with Gasteiger partial charge in [0.2, 0.25) is 5.88 Å². The summed E-state index contributed by atoms with van der Waals surface area (Å²) in [7, 11) is 0. The summed E-state index contributed by atoms with van der Waals surface area (Å²) in [5.41, 5.74) is 1.13. The molecule has 2 heterocycles. The molecule has 0 aliphatic heterocycles. The second-order valence-corrected chi connectivity index (χ2v) is 9.06. The van der Waals surface area contributed by atoms with Gasteiger partial charge >= 0.3 is 0 Å². The number of amides is 1. The molecule has 0 aromatic carbocycles. The predicted octanol–water partition coefficient (Wildman–Crippen LogP) is 3.18. The number of aromatic amines is 1. The average molecular weight is 409 g/mol. The van der Waals surface area contributed by atoms with Gasteiger partial charge in [-0.3, -0.25) is 14.4 Å². The van der Waals surface area contributed by atoms with Crippen molar-refractivity contribution in [2.24, 2.45) is 5.41 Å². The highest BCUT2D eigenvalue weighted by Gasteiger charge is 2.32. The minimum absolute atomic E-state index is 0.0454. The number of pyridine rings is 2. The average Bonchev–Trinajstić information content (AvgIpc) is 3.19. The molecule has 0 bridgehead atoms. The predicted molar refractivity (Wildman–Crippen MR) is 112 cm³/mol. The van der Waals surface area contributed by atoms with E-state index in [1.54, 1.807) is 12.3 Å². The Balaban J connectivity index is 1.41. The second kappa shape index (κ2) is 8.05. The number of nitrogens with one attached hydrogen (secondary N) is 2. The van der Waals surface area contributed by atoms with Crippen LogP contribution in [-0.4, -0.2) is 27.8 Å². The van der Waals surface area contributed by atoms with Gasteiger partial charge in [-0.05, 0) is 49.1 Å². The first kappa shape index (κ1) is 20.3. The molecule has 2 N–H and O–H groups in total. The maximum atomic E-state index is 12.6. The number of carbonyl (C=O) groups is 2. The van der Waals surface area contributed by atoms with E-state index < -0.39 is 11.5 Å². The van der Waals surface area contributed by atoms with Crippen molar-refractivity contribution < 1.29 is 14.3 Å². The minimum atomic E-state index is -0.511. The maximum absolute atomic E-state index is 12.6. The van der Waals surface area contributed by atoms with Crippen LogP contribution >= 0.6 is 0 Å². The molecule has 0 atom stereocenters. The van der Waals surface area contributed by atoms with E-state index in [2.05, 4.69) is 15.3 Å². The van der Waals surface area contributed by atoms with Gasteiger partial charge < -0.3 is 15.0 Å². The maximum Gasteiger partial charge on any atom is 0.261 e. The monoisotopic (exact) mass is 409 g/mol. The van der Waals surface area contributed by atoms with E-state index in [4.69, 9.17) is 4.74 Å². The fraction of sp³-hybridized carbons (Fsp3) is 0.478. The topological polar surface area (TPSA) is 101 Å². The Morgan fingerprint density at radius 3 is 2.70 bits per heavy atom. The van der Waals surface area contributed by atoms with Gasteiger partial charge in [0.15, 0.2) is 5.78 Å². The van der Waals surface area contributed by atoms with Gasteiger partial charge in [-0.25, -0.2) is 4.98 Å². The van der Waals surface area contributed by atoms with Crippen LogP contribution in [0.3, 0.4) is 0 Å². The Bertz CT molecular complexity index is 1020. The first-order chi connectivity index (χ1) is 14.3. The number of Topliss-reactive ketones (excluding diaryl/α,β-unsaturated/α-hetero) is 1. The molecule has 2 aliphatic carbocycles. The Morgan fingerprint density at radius 2 is 2.00 bits per heavy atom. The summed E-state index contributed by atoms with van der Waals surface area (Å²) in [6.45, 7) is 4.21. The van der Waals surface area contributed by atoms with Gasteiger partial charge in [-0.1, -0.05) is 19.9 Å². The van der Waals surface area contributed by atoms with Gasteiger partial charge in [-0.15, -0.1) is 0 Å². The number of hydrogen-bond donors (Lipinski definition) is 2. The van der Waals surface area contributed by atoms with Crippen molar-refractivity contribution >= 4 is 11.7 Å². The molecule has 2 aromatic heterocycles. The second-order valence-electron chi connectivity index (χ2n) is 9.06. The van der Waals surface area contributed by atoms with Crippen LogP contribution in [-0.2, 0) is 13.0 Å². The minimum Gasteiger partial charge on any atom is -0.474 e. The molecule has 7 nitrogen and oxygen atoms in total. The fourth-order valence-electron chi connectivity index (χ4n) is 4.24. The normalized spacial score (nSPS) is 18.1. The quantitative estimate of drug-likeness (QED) is 0.790. The molecular formula is C23H27N3O4. The highest BCUT2D eigenvalue weighted by atomic mass is 16.5. The van der Waals surface area contributed by atoms with E-state index in [0.717, 1.165) is 18.4 Å². The molecule has 0 unspecified atom stereocenters. The number of nitrogens with zero attached hydrogens (tertiary/aromatic N) is 1. The van der Waals surface area contributed by atoms with Crippen molar-refractivity contribution in [3.8, 4) is 5.88 Å². The molecule has 30 heavy (non-hydrogen) atoms. The summed E-state index contributed by atoms with van der Waals surface area (Å²) in [4.78, 5) is 44.5. The van der Waals surface area contributed by atoms with Crippen LogP contribution in [0.4, 0.5) is 0 Å².